The van der Waals surface area contributed by atoms with Gasteiger partial charge in [-0.2, -0.15) is 4.31 Å². The second-order valence-corrected chi connectivity index (χ2v) is 12.7. The molecule has 0 unspecified atom stereocenters. The molecule has 204 valence electrons. The monoisotopic (exact) mass is 567 g/mol. The van der Waals surface area contributed by atoms with Crippen molar-refractivity contribution in [2.24, 2.45) is 0 Å². The van der Waals surface area contributed by atoms with Crippen molar-refractivity contribution in [1.29, 1.82) is 0 Å². The van der Waals surface area contributed by atoms with Crippen molar-refractivity contribution in [3.8, 4) is 0 Å². The van der Waals surface area contributed by atoms with Gasteiger partial charge in [-0.3, -0.25) is 25.2 Å². The second-order valence-electron chi connectivity index (χ2n) is 9.67. The Balaban J connectivity index is 1.34. The summed E-state index contributed by atoms with van der Waals surface area (Å²) in [4.78, 5) is 40.6. The van der Waals surface area contributed by atoms with Gasteiger partial charge >= 0.3 is 0 Å². The molecule has 3 heterocycles. The van der Waals surface area contributed by atoms with Crippen LogP contribution in [0.3, 0.4) is 0 Å². The average molecular weight is 568 g/mol. The van der Waals surface area contributed by atoms with Gasteiger partial charge in [0.1, 0.15) is 5.00 Å². The molecule has 0 fully saturated rings. The fraction of sp³-hybridized carbons (Fsp3) is 0.296. The van der Waals surface area contributed by atoms with E-state index in [2.05, 4.69) is 21.1 Å². The minimum atomic E-state index is -3.73. The summed E-state index contributed by atoms with van der Waals surface area (Å²) in [5, 5.41) is 3.21. The number of rotatable bonds is 5. The number of likely N-dealkylation sites (N-methyl/N-ethyl adjacent to an activating group) is 1. The Kier molecular flexibility index (Phi) is 7.54. The number of hydrogen-bond acceptors (Lipinski definition) is 7. The molecule has 10 nitrogen and oxygen atoms in total. The Bertz CT molecular complexity index is 1550. The third-order valence-corrected chi connectivity index (χ3v) is 9.90. The highest BCUT2D eigenvalue weighted by Crippen LogP contribution is 2.37. The number of fused-ring (bicyclic) bond motifs is 2. The summed E-state index contributed by atoms with van der Waals surface area (Å²) >= 11 is 1.32. The smallest absolute Gasteiger partial charge is 0.272 e. The summed E-state index contributed by atoms with van der Waals surface area (Å²) in [5.74, 6) is -1.39. The topological polar surface area (TPSA) is 128 Å². The molecule has 0 atom stereocenters. The number of thiophene rings is 1. The zero-order chi connectivity index (χ0) is 27.7. The summed E-state index contributed by atoms with van der Waals surface area (Å²) in [5.41, 5.74) is 8.27. The van der Waals surface area contributed by atoms with E-state index in [-0.39, 0.29) is 10.5 Å². The molecule has 0 radical (unpaired) electrons. The number of anilines is 1. The number of hydrazine groups is 1. The van der Waals surface area contributed by atoms with Crippen LogP contribution < -0.4 is 16.2 Å². The van der Waals surface area contributed by atoms with Gasteiger partial charge in [0.2, 0.25) is 15.9 Å². The van der Waals surface area contributed by atoms with Crippen LogP contribution in [0.2, 0.25) is 0 Å². The van der Waals surface area contributed by atoms with Crippen molar-refractivity contribution in [2.45, 2.75) is 37.8 Å². The van der Waals surface area contributed by atoms with Crippen LogP contribution in [0.5, 0.6) is 0 Å². The Labute approximate surface area is 231 Å². The highest BCUT2D eigenvalue weighted by molar-refractivity contribution is 7.89. The van der Waals surface area contributed by atoms with E-state index in [0.29, 0.717) is 43.0 Å². The first-order valence-corrected chi connectivity index (χ1v) is 14.8. The molecule has 12 heteroatoms. The Morgan fingerprint density at radius 3 is 2.31 bits per heavy atom. The fourth-order valence-corrected chi connectivity index (χ4v) is 7.58. The van der Waals surface area contributed by atoms with E-state index in [4.69, 9.17) is 0 Å². The minimum absolute atomic E-state index is 0.114. The van der Waals surface area contributed by atoms with Gasteiger partial charge in [0.05, 0.1) is 10.5 Å². The highest BCUT2D eigenvalue weighted by Gasteiger charge is 2.30. The number of benzene rings is 2. The van der Waals surface area contributed by atoms with Crippen molar-refractivity contribution in [1.82, 2.24) is 20.1 Å². The molecular weight excluding hydrogens is 538 g/mol. The van der Waals surface area contributed by atoms with E-state index < -0.39 is 27.7 Å². The molecular formula is C27H29N5O5S2. The second kappa shape index (κ2) is 10.9. The van der Waals surface area contributed by atoms with Crippen LogP contribution in [0.25, 0.3) is 0 Å². The molecule has 1 aromatic heterocycles. The molecule has 2 aromatic carbocycles. The van der Waals surface area contributed by atoms with Gasteiger partial charge in [0.25, 0.3) is 11.8 Å². The van der Waals surface area contributed by atoms with Crippen molar-refractivity contribution < 1.29 is 22.8 Å². The predicted molar refractivity (Wildman–Crippen MR) is 148 cm³/mol. The van der Waals surface area contributed by atoms with Crippen LogP contribution >= 0.6 is 11.3 Å². The third-order valence-electron chi connectivity index (χ3n) is 6.90. The van der Waals surface area contributed by atoms with Gasteiger partial charge in [0, 0.05) is 43.5 Å². The molecule has 0 bridgehead atoms. The van der Waals surface area contributed by atoms with Gasteiger partial charge in [-0.25, -0.2) is 8.42 Å². The van der Waals surface area contributed by atoms with Crippen molar-refractivity contribution in [3.63, 3.8) is 0 Å². The molecule has 39 heavy (non-hydrogen) atoms. The van der Waals surface area contributed by atoms with Crippen LogP contribution in [0.1, 0.15) is 49.2 Å². The van der Waals surface area contributed by atoms with Gasteiger partial charge < -0.3 is 10.2 Å². The molecule has 3 N–H and O–H groups in total. The predicted octanol–water partition coefficient (Wildman–Crippen LogP) is 2.52. The van der Waals surface area contributed by atoms with Gasteiger partial charge in [-0.05, 0) is 60.8 Å². The number of nitrogens with one attached hydrogen (secondary N) is 3. The molecule has 3 aromatic rings. The Hall–Kier alpha value is -3.58. The van der Waals surface area contributed by atoms with E-state index in [1.807, 2.05) is 31.3 Å². The van der Waals surface area contributed by atoms with Crippen LogP contribution in [-0.2, 0) is 40.7 Å². The van der Waals surface area contributed by atoms with E-state index >= 15 is 0 Å². The minimum Gasteiger partial charge on any atom is -0.313 e. The van der Waals surface area contributed by atoms with E-state index in [1.165, 1.54) is 46.8 Å². The standard InChI is InChI=1S/C27H29N5O5S2/c1-17(33)29-30-26(35)24-22-12-13-31(2)16-23(22)38-27(24)28-25(34)19-7-9-21(10-8-19)39(36,37)32-14-11-18-5-3-4-6-20(18)15-32/h3-10H,11-16H2,1-2H3,(H,28,34)(H,29,33)(H,30,35). The lowest BCUT2D eigenvalue weighted by molar-refractivity contribution is -0.119. The SMILES string of the molecule is CC(=O)NNC(=O)c1c(NC(=O)c2ccc(S(=O)(=O)N3CCc4ccccc4C3)cc2)sc2c1CCN(C)C2. The third kappa shape index (κ3) is 5.59. The molecule has 3 amide bonds. The van der Waals surface area contributed by atoms with Crippen LogP contribution in [0, 0.1) is 0 Å². The van der Waals surface area contributed by atoms with Crippen LogP contribution in [0.15, 0.2) is 53.4 Å². The molecule has 0 saturated heterocycles. The maximum absolute atomic E-state index is 13.3. The van der Waals surface area contributed by atoms with Crippen molar-refractivity contribution in [3.05, 3.63) is 81.2 Å². The van der Waals surface area contributed by atoms with Gasteiger partial charge in [-0.15, -0.1) is 11.3 Å². The first kappa shape index (κ1) is 27.0. The first-order chi connectivity index (χ1) is 18.6. The van der Waals surface area contributed by atoms with Crippen molar-refractivity contribution >= 4 is 44.1 Å². The van der Waals surface area contributed by atoms with Crippen LogP contribution in [-0.4, -0.2) is 55.5 Å². The fourth-order valence-electron chi connectivity index (χ4n) is 4.84. The molecule has 0 spiro atoms. The summed E-state index contributed by atoms with van der Waals surface area (Å²) in [6.45, 7) is 3.39. The van der Waals surface area contributed by atoms with E-state index in [9.17, 15) is 22.8 Å². The molecule has 5 rings (SSSR count). The van der Waals surface area contributed by atoms with Crippen LogP contribution in [0.4, 0.5) is 5.00 Å². The van der Waals surface area contributed by atoms with E-state index in [1.54, 1.807) is 0 Å². The lowest BCUT2D eigenvalue weighted by atomic mass is 10.0. The maximum atomic E-state index is 13.3. The summed E-state index contributed by atoms with van der Waals surface area (Å²) < 4.78 is 28.0. The Morgan fingerprint density at radius 1 is 0.872 bits per heavy atom. The highest BCUT2D eigenvalue weighted by atomic mass is 32.2. The average Bonchev–Trinajstić information content (AvgIpc) is 3.28. The zero-order valence-corrected chi connectivity index (χ0v) is 23.2. The molecule has 2 aliphatic heterocycles. The van der Waals surface area contributed by atoms with Crippen molar-refractivity contribution in [2.75, 3.05) is 25.5 Å². The summed E-state index contributed by atoms with van der Waals surface area (Å²) in [6, 6.07) is 13.6. The quantitative estimate of drug-likeness (QED) is 0.407. The number of hydrogen-bond donors (Lipinski definition) is 3. The summed E-state index contributed by atoms with van der Waals surface area (Å²) in [7, 11) is -1.75. The first-order valence-electron chi connectivity index (χ1n) is 12.5. The molecule has 0 aliphatic carbocycles. The Morgan fingerprint density at radius 2 is 1.59 bits per heavy atom. The van der Waals surface area contributed by atoms with E-state index in [0.717, 1.165) is 28.1 Å². The number of carbonyl (C=O) groups excluding carboxylic acids is 3. The molecule has 0 saturated carbocycles. The lowest BCUT2D eigenvalue weighted by Gasteiger charge is -2.28. The normalized spacial score (nSPS) is 15.6. The number of sulfonamides is 1. The lowest BCUT2D eigenvalue weighted by Crippen LogP contribution is -2.41. The number of carbonyl (C=O) groups is 3. The number of amides is 3. The van der Waals surface area contributed by atoms with Gasteiger partial charge in [-0.1, -0.05) is 24.3 Å². The van der Waals surface area contributed by atoms with Gasteiger partial charge in [0.15, 0.2) is 0 Å². The zero-order valence-electron chi connectivity index (χ0n) is 21.6. The largest absolute Gasteiger partial charge is 0.313 e. The molecule has 2 aliphatic rings. The maximum Gasteiger partial charge on any atom is 0.272 e. The summed E-state index contributed by atoms with van der Waals surface area (Å²) in [6.07, 6.45) is 1.28. The number of nitrogens with zero attached hydrogens (tertiary/aromatic N) is 2.